The van der Waals surface area contributed by atoms with E-state index in [2.05, 4.69) is 26.3 Å². The molecular weight excluding hydrogens is 304 g/mol. The first kappa shape index (κ1) is 16.7. The van der Waals surface area contributed by atoms with E-state index in [-0.39, 0.29) is 18.5 Å². The smallest absolute Gasteiger partial charge is 0.235 e. The van der Waals surface area contributed by atoms with Gasteiger partial charge in [0.1, 0.15) is 17.2 Å². The molecule has 1 amide bonds. The predicted octanol–water partition coefficient (Wildman–Crippen LogP) is 1.54. The van der Waals surface area contributed by atoms with Gasteiger partial charge >= 0.3 is 0 Å². The average molecular weight is 328 g/mol. The van der Waals surface area contributed by atoms with Gasteiger partial charge in [0, 0.05) is 6.20 Å². The Kier molecular flexibility index (Phi) is 4.95. The Balaban J connectivity index is 1.64. The first-order valence-corrected chi connectivity index (χ1v) is 8.67. The molecule has 1 atom stereocenters. The molecule has 1 saturated carbocycles. The monoisotopic (exact) mass is 328 g/mol. The Morgan fingerprint density at radius 3 is 2.92 bits per heavy atom. The lowest BCUT2D eigenvalue weighted by Crippen LogP contribution is -2.51. The highest BCUT2D eigenvalue weighted by Gasteiger charge is 2.35. The van der Waals surface area contributed by atoms with Gasteiger partial charge in [-0.1, -0.05) is 19.3 Å². The fourth-order valence-electron chi connectivity index (χ4n) is 3.77. The topological polar surface area (TPSA) is 108 Å². The van der Waals surface area contributed by atoms with Crippen LogP contribution < -0.4 is 11.1 Å². The zero-order valence-corrected chi connectivity index (χ0v) is 13.9. The first-order valence-electron chi connectivity index (χ1n) is 8.67. The molecule has 3 N–H and O–H groups in total. The lowest BCUT2D eigenvalue weighted by Gasteiger charge is -2.32. The molecule has 3 rings (SSSR count). The molecule has 2 aliphatic rings. The van der Waals surface area contributed by atoms with Crippen molar-refractivity contribution in [3.63, 3.8) is 0 Å². The largest absolute Gasteiger partial charge is 0.384 e. The molecule has 1 saturated heterocycles. The summed E-state index contributed by atoms with van der Waals surface area (Å²) >= 11 is 0. The van der Waals surface area contributed by atoms with E-state index in [1.54, 1.807) is 12.3 Å². The van der Waals surface area contributed by atoms with E-state index in [0.717, 1.165) is 51.5 Å². The predicted molar refractivity (Wildman–Crippen MR) is 89.6 cm³/mol. The molecule has 0 spiro atoms. The van der Waals surface area contributed by atoms with Crippen LogP contribution in [0.3, 0.4) is 0 Å². The van der Waals surface area contributed by atoms with Crippen LogP contribution in [0.1, 0.15) is 56.8 Å². The van der Waals surface area contributed by atoms with Gasteiger partial charge in [0.2, 0.25) is 5.91 Å². The van der Waals surface area contributed by atoms with Crippen molar-refractivity contribution < 1.29 is 4.79 Å². The molecule has 24 heavy (non-hydrogen) atoms. The van der Waals surface area contributed by atoms with Crippen molar-refractivity contribution in [3.05, 3.63) is 18.1 Å². The van der Waals surface area contributed by atoms with Crippen LogP contribution in [0.4, 0.5) is 5.82 Å². The van der Waals surface area contributed by atoms with Gasteiger partial charge in [0.15, 0.2) is 0 Å². The molecule has 1 aliphatic heterocycles. The van der Waals surface area contributed by atoms with Crippen LogP contribution in [0.15, 0.2) is 12.3 Å². The van der Waals surface area contributed by atoms with Crippen molar-refractivity contribution in [2.45, 2.75) is 56.5 Å². The third-order valence-electron chi connectivity index (χ3n) is 5.00. The summed E-state index contributed by atoms with van der Waals surface area (Å²) in [4.78, 5) is 23.2. The number of anilines is 1. The number of aromatic nitrogens is 2. The van der Waals surface area contributed by atoms with Crippen molar-refractivity contribution in [1.82, 2.24) is 20.2 Å². The van der Waals surface area contributed by atoms with Crippen molar-refractivity contribution in [2.75, 3.05) is 18.8 Å². The summed E-state index contributed by atoms with van der Waals surface area (Å²) in [5, 5.41) is 12.5. The zero-order valence-electron chi connectivity index (χ0n) is 13.9. The van der Waals surface area contributed by atoms with E-state index in [9.17, 15) is 10.1 Å². The van der Waals surface area contributed by atoms with Crippen molar-refractivity contribution in [3.8, 4) is 6.07 Å². The second kappa shape index (κ2) is 7.14. The molecule has 1 aromatic heterocycles. The molecule has 2 heterocycles. The number of hydrogen-bond acceptors (Lipinski definition) is 6. The van der Waals surface area contributed by atoms with E-state index in [1.807, 2.05) is 0 Å². The van der Waals surface area contributed by atoms with Crippen LogP contribution in [0, 0.1) is 11.3 Å². The quantitative estimate of drug-likeness (QED) is 0.868. The SMILES string of the molecule is N#CC1(NC(=O)CN2CCCC2c2nccc(N)n2)CCCCC1. The summed E-state index contributed by atoms with van der Waals surface area (Å²) in [5.41, 5.74) is 5.06. The summed E-state index contributed by atoms with van der Waals surface area (Å²) in [6, 6.07) is 4.01. The Morgan fingerprint density at radius 1 is 1.42 bits per heavy atom. The van der Waals surface area contributed by atoms with Crippen LogP contribution in [0.25, 0.3) is 0 Å². The third kappa shape index (κ3) is 3.65. The molecule has 128 valence electrons. The van der Waals surface area contributed by atoms with E-state index >= 15 is 0 Å². The number of nitrogens with two attached hydrogens (primary N) is 1. The standard InChI is InChI=1S/C17H24N6O/c18-12-17(7-2-1-3-8-17)22-15(24)11-23-10-4-5-13(23)16-20-9-6-14(19)21-16/h6,9,13H,1-5,7-8,10-11H2,(H,22,24)(H2,19,20,21). The molecule has 7 nitrogen and oxygen atoms in total. The highest BCUT2D eigenvalue weighted by molar-refractivity contribution is 5.79. The van der Waals surface area contributed by atoms with Crippen LogP contribution in [0.5, 0.6) is 0 Å². The molecule has 0 radical (unpaired) electrons. The summed E-state index contributed by atoms with van der Waals surface area (Å²) in [6.07, 6.45) is 8.20. The van der Waals surface area contributed by atoms with Gasteiger partial charge in [-0.15, -0.1) is 0 Å². The average Bonchev–Trinajstić information content (AvgIpc) is 3.03. The lowest BCUT2D eigenvalue weighted by atomic mass is 9.83. The summed E-state index contributed by atoms with van der Waals surface area (Å²) in [6.45, 7) is 1.10. The first-order chi connectivity index (χ1) is 11.6. The fraction of sp³-hybridized carbons (Fsp3) is 0.647. The molecule has 7 heteroatoms. The summed E-state index contributed by atoms with van der Waals surface area (Å²) in [5.74, 6) is 1.03. The van der Waals surface area contributed by atoms with E-state index in [1.165, 1.54) is 0 Å². The van der Waals surface area contributed by atoms with Gasteiger partial charge in [0.05, 0.1) is 18.7 Å². The maximum Gasteiger partial charge on any atom is 0.235 e. The Morgan fingerprint density at radius 2 is 2.21 bits per heavy atom. The van der Waals surface area contributed by atoms with Gasteiger partial charge < -0.3 is 11.1 Å². The van der Waals surface area contributed by atoms with Gasteiger partial charge in [-0.25, -0.2) is 9.97 Å². The molecule has 2 fully saturated rings. The van der Waals surface area contributed by atoms with Gasteiger partial charge in [0.25, 0.3) is 0 Å². The molecule has 0 bridgehead atoms. The number of nitrogen functional groups attached to an aromatic ring is 1. The van der Waals surface area contributed by atoms with Crippen molar-refractivity contribution in [2.24, 2.45) is 0 Å². The number of nitriles is 1. The molecular formula is C17H24N6O. The minimum atomic E-state index is -0.682. The highest BCUT2D eigenvalue weighted by Crippen LogP contribution is 2.30. The molecule has 1 aromatic rings. The van der Waals surface area contributed by atoms with Crippen LogP contribution in [-0.4, -0.2) is 39.4 Å². The van der Waals surface area contributed by atoms with Crippen LogP contribution in [0.2, 0.25) is 0 Å². The van der Waals surface area contributed by atoms with E-state index in [4.69, 9.17) is 5.73 Å². The number of likely N-dealkylation sites (tertiary alicyclic amines) is 1. The fourth-order valence-corrected chi connectivity index (χ4v) is 3.77. The number of carbonyl (C=O) groups excluding carboxylic acids is 1. The second-order valence-electron chi connectivity index (χ2n) is 6.77. The Hall–Kier alpha value is -2.20. The Bertz CT molecular complexity index is 634. The summed E-state index contributed by atoms with van der Waals surface area (Å²) < 4.78 is 0. The van der Waals surface area contributed by atoms with Crippen molar-refractivity contribution >= 4 is 11.7 Å². The summed E-state index contributed by atoms with van der Waals surface area (Å²) in [7, 11) is 0. The maximum atomic E-state index is 12.5. The number of nitrogens with one attached hydrogen (secondary N) is 1. The number of amides is 1. The number of nitrogens with zero attached hydrogens (tertiary/aromatic N) is 4. The maximum absolute atomic E-state index is 12.5. The van der Waals surface area contributed by atoms with Gasteiger partial charge in [-0.05, 0) is 38.3 Å². The zero-order chi connectivity index (χ0) is 17.0. The normalized spacial score (nSPS) is 23.5. The number of hydrogen-bond donors (Lipinski definition) is 2. The van der Waals surface area contributed by atoms with Gasteiger partial charge in [-0.3, -0.25) is 9.69 Å². The third-order valence-corrected chi connectivity index (χ3v) is 5.00. The second-order valence-corrected chi connectivity index (χ2v) is 6.77. The van der Waals surface area contributed by atoms with Gasteiger partial charge in [-0.2, -0.15) is 5.26 Å². The highest BCUT2D eigenvalue weighted by atomic mass is 16.2. The minimum Gasteiger partial charge on any atom is -0.384 e. The molecule has 1 aliphatic carbocycles. The Labute approximate surface area is 142 Å². The van der Waals surface area contributed by atoms with Crippen molar-refractivity contribution in [1.29, 1.82) is 5.26 Å². The van der Waals surface area contributed by atoms with E-state index in [0.29, 0.717) is 11.6 Å². The minimum absolute atomic E-state index is 0.0173. The lowest BCUT2D eigenvalue weighted by molar-refractivity contribution is -0.124. The van der Waals surface area contributed by atoms with Crippen LogP contribution in [-0.2, 0) is 4.79 Å². The van der Waals surface area contributed by atoms with E-state index < -0.39 is 5.54 Å². The van der Waals surface area contributed by atoms with Crippen LogP contribution >= 0.6 is 0 Å². The number of rotatable bonds is 4. The number of carbonyl (C=O) groups is 1. The molecule has 1 unspecified atom stereocenters. The molecule has 0 aromatic carbocycles.